The maximum Gasteiger partial charge on any atom is 0.418 e. The van der Waals surface area contributed by atoms with Crippen LogP contribution in [0.2, 0.25) is 0 Å². The van der Waals surface area contributed by atoms with Crippen LogP contribution in [0.4, 0.5) is 20.0 Å². The van der Waals surface area contributed by atoms with Crippen molar-refractivity contribution in [1.29, 1.82) is 0 Å². The normalized spacial score (nSPS) is 11.6. The summed E-state index contributed by atoms with van der Waals surface area (Å²) in [5, 5.41) is 9.61. The van der Waals surface area contributed by atoms with E-state index >= 15 is 0 Å². The van der Waals surface area contributed by atoms with Gasteiger partial charge in [-0.25, -0.2) is 27.5 Å². The molecule has 1 aromatic heterocycles. The van der Waals surface area contributed by atoms with Gasteiger partial charge in [-0.2, -0.15) is 0 Å². The van der Waals surface area contributed by atoms with Crippen molar-refractivity contribution >= 4 is 48.3 Å². The van der Waals surface area contributed by atoms with Crippen molar-refractivity contribution < 1.29 is 22.7 Å². The number of rotatable bonds is 3. The lowest BCUT2D eigenvalue weighted by atomic mass is 10.3. The van der Waals surface area contributed by atoms with Gasteiger partial charge in [-0.15, -0.1) is 0 Å². The first kappa shape index (κ1) is 16.3. The first-order valence-electron chi connectivity index (χ1n) is 6.65. The van der Waals surface area contributed by atoms with E-state index in [0.29, 0.717) is 10.2 Å². The predicted octanol–water partition coefficient (Wildman–Crippen LogP) is 3.66. The number of aromatic nitrogens is 1. The van der Waals surface area contributed by atoms with Crippen LogP contribution in [-0.4, -0.2) is 30.9 Å². The van der Waals surface area contributed by atoms with Crippen LogP contribution >= 0.6 is 11.3 Å². The van der Waals surface area contributed by atoms with Gasteiger partial charge < -0.3 is 5.11 Å². The average molecular weight is 366 g/mol. The molecule has 24 heavy (non-hydrogen) atoms. The molecule has 1 heterocycles. The summed E-state index contributed by atoms with van der Waals surface area (Å²) in [6.45, 7) is 0. The van der Waals surface area contributed by atoms with Crippen molar-refractivity contribution in [3.63, 3.8) is 0 Å². The number of benzene rings is 2. The minimum Gasteiger partial charge on any atom is -0.464 e. The molecule has 0 aliphatic carbocycles. The number of hydrogen-bond acceptors (Lipinski definition) is 5. The van der Waals surface area contributed by atoms with Gasteiger partial charge >= 0.3 is 6.09 Å². The molecule has 1 N–H and O–H groups in total. The number of fused-ring (bicyclic) bond motifs is 1. The Balaban J connectivity index is 2.12. The van der Waals surface area contributed by atoms with E-state index in [0.717, 1.165) is 34.6 Å². The van der Waals surface area contributed by atoms with E-state index in [1.54, 1.807) is 0 Å². The number of anilines is 2. The van der Waals surface area contributed by atoms with Crippen LogP contribution in [0.5, 0.6) is 0 Å². The summed E-state index contributed by atoms with van der Waals surface area (Å²) in [5.41, 5.74) is 0.724. The van der Waals surface area contributed by atoms with Gasteiger partial charge in [0.25, 0.3) is 0 Å². The number of thiazole rings is 1. The average Bonchev–Trinajstić information content (AvgIpc) is 2.90. The highest BCUT2D eigenvalue weighted by Gasteiger charge is 2.21. The van der Waals surface area contributed by atoms with Gasteiger partial charge in [0.15, 0.2) is 9.84 Å². The number of amides is 1. The molecule has 9 heteroatoms. The van der Waals surface area contributed by atoms with Crippen molar-refractivity contribution in [1.82, 2.24) is 4.98 Å². The van der Waals surface area contributed by atoms with Gasteiger partial charge in [-0.05, 0) is 42.5 Å². The molecule has 2 aromatic carbocycles. The van der Waals surface area contributed by atoms with E-state index in [9.17, 15) is 22.7 Å². The fraction of sp³-hybridized carbons (Fsp3) is 0.0667. The third-order valence-electron chi connectivity index (χ3n) is 3.24. The lowest BCUT2D eigenvalue weighted by molar-refractivity contribution is 0.205. The lowest BCUT2D eigenvalue weighted by Gasteiger charge is -2.15. The Kier molecular flexibility index (Phi) is 3.98. The maximum absolute atomic E-state index is 13.0. The van der Waals surface area contributed by atoms with Crippen molar-refractivity contribution in [2.75, 3.05) is 11.2 Å². The van der Waals surface area contributed by atoms with Crippen LogP contribution in [0.3, 0.4) is 0 Å². The van der Waals surface area contributed by atoms with Crippen LogP contribution in [-0.2, 0) is 9.84 Å². The van der Waals surface area contributed by atoms with Crippen molar-refractivity contribution in [3.05, 3.63) is 48.3 Å². The van der Waals surface area contributed by atoms with Crippen LogP contribution in [0.1, 0.15) is 0 Å². The number of halogens is 1. The summed E-state index contributed by atoms with van der Waals surface area (Å²) >= 11 is 1.04. The third kappa shape index (κ3) is 3.08. The second-order valence-electron chi connectivity index (χ2n) is 4.99. The topological polar surface area (TPSA) is 87.6 Å². The molecule has 0 fully saturated rings. The highest BCUT2D eigenvalue weighted by molar-refractivity contribution is 7.90. The maximum atomic E-state index is 13.0. The molecule has 0 saturated heterocycles. The number of carbonyl (C=O) groups is 1. The molecule has 0 unspecified atom stereocenters. The van der Waals surface area contributed by atoms with Gasteiger partial charge in [-0.3, -0.25) is 0 Å². The molecule has 124 valence electrons. The highest BCUT2D eigenvalue weighted by atomic mass is 32.2. The van der Waals surface area contributed by atoms with E-state index < -0.39 is 21.7 Å². The van der Waals surface area contributed by atoms with Gasteiger partial charge in [0.2, 0.25) is 5.13 Å². The van der Waals surface area contributed by atoms with Crippen LogP contribution < -0.4 is 4.90 Å². The summed E-state index contributed by atoms with van der Waals surface area (Å²) in [6.07, 6.45) is -0.179. The fourth-order valence-corrected chi connectivity index (χ4v) is 3.85. The summed E-state index contributed by atoms with van der Waals surface area (Å²) in [6, 6.07) is 9.37. The molecule has 0 bridgehead atoms. The second kappa shape index (κ2) is 5.84. The summed E-state index contributed by atoms with van der Waals surface area (Å²) in [5.74, 6) is -0.480. The van der Waals surface area contributed by atoms with E-state index in [-0.39, 0.29) is 15.7 Å². The SMILES string of the molecule is CS(=O)(=O)c1ccc2nc(N(C(=O)O)c3ccc(F)cc3)sc2c1. The quantitative estimate of drug-likeness (QED) is 0.764. The highest BCUT2D eigenvalue weighted by Crippen LogP contribution is 2.34. The Bertz CT molecular complexity index is 1030. The van der Waals surface area contributed by atoms with Crippen LogP contribution in [0.25, 0.3) is 10.2 Å². The number of hydrogen-bond donors (Lipinski definition) is 1. The lowest BCUT2D eigenvalue weighted by Crippen LogP contribution is -2.23. The zero-order chi connectivity index (χ0) is 17.5. The minimum atomic E-state index is -3.37. The molecular weight excluding hydrogens is 355 g/mol. The van der Waals surface area contributed by atoms with Gasteiger partial charge in [0, 0.05) is 6.26 Å². The van der Waals surface area contributed by atoms with Crippen molar-refractivity contribution in [2.24, 2.45) is 0 Å². The molecule has 0 spiro atoms. The molecule has 1 amide bonds. The van der Waals surface area contributed by atoms with E-state index in [2.05, 4.69) is 4.98 Å². The summed E-state index contributed by atoms with van der Waals surface area (Å²) in [7, 11) is -3.37. The molecular formula is C15H11FN2O4S2. The van der Waals surface area contributed by atoms with Gasteiger partial charge in [0.1, 0.15) is 5.82 Å². The first-order valence-corrected chi connectivity index (χ1v) is 9.36. The molecule has 6 nitrogen and oxygen atoms in total. The Morgan fingerprint density at radius 1 is 1.21 bits per heavy atom. The van der Waals surface area contributed by atoms with Crippen LogP contribution in [0.15, 0.2) is 47.4 Å². The van der Waals surface area contributed by atoms with Gasteiger partial charge in [0.05, 0.1) is 20.8 Å². The molecule has 3 aromatic rings. The zero-order valence-electron chi connectivity index (χ0n) is 12.3. The molecule has 0 aliphatic heterocycles. The third-order valence-corrected chi connectivity index (χ3v) is 5.36. The second-order valence-corrected chi connectivity index (χ2v) is 8.02. The molecule has 0 aliphatic rings. The monoisotopic (exact) mass is 366 g/mol. The van der Waals surface area contributed by atoms with Gasteiger partial charge in [-0.1, -0.05) is 11.3 Å². The molecule has 0 saturated carbocycles. The summed E-state index contributed by atoms with van der Waals surface area (Å²) in [4.78, 5) is 16.9. The van der Waals surface area contributed by atoms with E-state index in [1.807, 2.05) is 0 Å². The molecule has 0 atom stereocenters. The standard InChI is InChI=1S/C15H11FN2O4S2/c1-24(21,22)11-6-7-12-13(8-11)23-14(17-12)18(15(19)20)10-4-2-9(16)3-5-10/h2-8H,1H3,(H,19,20). The largest absolute Gasteiger partial charge is 0.464 e. The van der Waals surface area contributed by atoms with Crippen molar-refractivity contribution in [2.45, 2.75) is 4.90 Å². The fourth-order valence-electron chi connectivity index (χ4n) is 2.11. The Labute approximate surface area is 140 Å². The Morgan fingerprint density at radius 2 is 1.88 bits per heavy atom. The number of nitrogens with zero attached hydrogens (tertiary/aromatic N) is 2. The number of sulfone groups is 1. The van der Waals surface area contributed by atoms with Crippen LogP contribution in [0, 0.1) is 5.82 Å². The molecule has 3 rings (SSSR count). The van der Waals surface area contributed by atoms with Crippen molar-refractivity contribution in [3.8, 4) is 0 Å². The Morgan fingerprint density at radius 3 is 2.46 bits per heavy atom. The van der Waals surface area contributed by atoms with E-state index in [4.69, 9.17) is 0 Å². The number of carboxylic acid groups (broad SMARTS) is 1. The molecule has 0 radical (unpaired) electrons. The Hall–Kier alpha value is -2.52. The predicted molar refractivity (Wildman–Crippen MR) is 89.3 cm³/mol. The zero-order valence-corrected chi connectivity index (χ0v) is 13.9. The first-order chi connectivity index (χ1) is 11.3. The van der Waals surface area contributed by atoms with E-state index in [1.165, 1.54) is 30.3 Å². The smallest absolute Gasteiger partial charge is 0.418 e. The summed E-state index contributed by atoms with van der Waals surface area (Å²) < 4.78 is 36.8. The minimum absolute atomic E-state index is 0.133.